The summed E-state index contributed by atoms with van der Waals surface area (Å²) in [5.41, 5.74) is 2.08. The summed E-state index contributed by atoms with van der Waals surface area (Å²) >= 11 is 8.63. The lowest BCUT2D eigenvalue weighted by atomic mass is 10.2. The number of benzene rings is 1. The summed E-state index contributed by atoms with van der Waals surface area (Å²) < 4.78 is 14.1. The van der Waals surface area contributed by atoms with Gasteiger partial charge in [-0.25, -0.2) is 4.39 Å². The molecule has 0 amide bonds. The lowest BCUT2D eigenvalue weighted by Crippen LogP contribution is -2.13. The standard InChI is InChI=1S/C10H10BrClFN/c11-9-2-3-10(13)8(6-9)7-14-5-1-4-12/h1-4,6,14H,5,7H2/b4-1+. The van der Waals surface area contributed by atoms with E-state index in [1.54, 1.807) is 18.2 Å². The maximum absolute atomic E-state index is 13.2. The van der Waals surface area contributed by atoms with Crippen molar-refractivity contribution in [2.75, 3.05) is 6.54 Å². The molecule has 0 fully saturated rings. The Hall–Kier alpha value is -0.380. The molecule has 0 atom stereocenters. The van der Waals surface area contributed by atoms with Crippen molar-refractivity contribution in [3.63, 3.8) is 0 Å². The third-order valence-electron chi connectivity index (χ3n) is 1.67. The second-order valence-electron chi connectivity index (χ2n) is 2.73. The minimum absolute atomic E-state index is 0.199. The van der Waals surface area contributed by atoms with Crippen molar-refractivity contribution in [2.24, 2.45) is 0 Å². The highest BCUT2D eigenvalue weighted by atomic mass is 79.9. The summed E-state index contributed by atoms with van der Waals surface area (Å²) in [5, 5.41) is 3.04. The van der Waals surface area contributed by atoms with Gasteiger partial charge in [-0.15, -0.1) is 0 Å². The molecule has 76 valence electrons. The van der Waals surface area contributed by atoms with Gasteiger partial charge in [-0.05, 0) is 18.2 Å². The van der Waals surface area contributed by atoms with Crippen LogP contribution in [0.3, 0.4) is 0 Å². The lowest BCUT2D eigenvalue weighted by Gasteiger charge is -2.04. The van der Waals surface area contributed by atoms with Crippen LogP contribution >= 0.6 is 27.5 Å². The minimum atomic E-state index is -0.199. The van der Waals surface area contributed by atoms with Gasteiger partial charge < -0.3 is 5.32 Å². The van der Waals surface area contributed by atoms with Crippen LogP contribution in [0.4, 0.5) is 4.39 Å². The highest BCUT2D eigenvalue weighted by molar-refractivity contribution is 9.10. The summed E-state index contributed by atoms with van der Waals surface area (Å²) in [6, 6.07) is 4.88. The molecule has 0 aliphatic rings. The summed E-state index contributed by atoms with van der Waals surface area (Å²) in [6.45, 7) is 1.13. The Morgan fingerprint density at radius 3 is 3.00 bits per heavy atom. The molecule has 0 spiro atoms. The van der Waals surface area contributed by atoms with Crippen LogP contribution in [0.1, 0.15) is 5.56 Å². The zero-order valence-electron chi connectivity index (χ0n) is 7.43. The Morgan fingerprint density at radius 2 is 2.29 bits per heavy atom. The van der Waals surface area contributed by atoms with Crippen LogP contribution in [0.5, 0.6) is 0 Å². The molecule has 0 aliphatic heterocycles. The van der Waals surface area contributed by atoms with Crippen LogP contribution in [0.25, 0.3) is 0 Å². The van der Waals surface area contributed by atoms with Crippen molar-refractivity contribution in [1.29, 1.82) is 0 Å². The number of nitrogens with one attached hydrogen (secondary N) is 1. The molecule has 1 rings (SSSR count). The van der Waals surface area contributed by atoms with E-state index in [-0.39, 0.29) is 5.82 Å². The van der Waals surface area contributed by atoms with Crippen LogP contribution in [-0.4, -0.2) is 6.54 Å². The second kappa shape index (κ2) is 6.17. The molecule has 0 aromatic heterocycles. The van der Waals surface area contributed by atoms with E-state index in [2.05, 4.69) is 21.2 Å². The van der Waals surface area contributed by atoms with E-state index in [9.17, 15) is 4.39 Å². The average Bonchev–Trinajstić information content (AvgIpc) is 2.18. The molecule has 0 saturated heterocycles. The molecule has 0 radical (unpaired) electrons. The maximum Gasteiger partial charge on any atom is 0.127 e. The molecule has 1 aromatic carbocycles. The van der Waals surface area contributed by atoms with Crippen molar-refractivity contribution < 1.29 is 4.39 Å². The van der Waals surface area contributed by atoms with Crippen LogP contribution in [0.2, 0.25) is 0 Å². The van der Waals surface area contributed by atoms with Crippen molar-refractivity contribution >= 4 is 27.5 Å². The van der Waals surface area contributed by atoms with E-state index in [1.165, 1.54) is 11.6 Å². The smallest absolute Gasteiger partial charge is 0.127 e. The molecule has 0 unspecified atom stereocenters. The first-order chi connectivity index (χ1) is 6.74. The predicted octanol–water partition coefficient (Wildman–Crippen LogP) is 3.43. The second-order valence-corrected chi connectivity index (χ2v) is 3.90. The molecule has 1 nitrogen and oxygen atoms in total. The van der Waals surface area contributed by atoms with Gasteiger partial charge in [0.2, 0.25) is 0 Å². The molecule has 1 aromatic rings. The molecule has 0 bridgehead atoms. The molecule has 4 heteroatoms. The van der Waals surface area contributed by atoms with E-state index >= 15 is 0 Å². The molecule has 14 heavy (non-hydrogen) atoms. The molecule has 1 N–H and O–H groups in total. The van der Waals surface area contributed by atoms with E-state index in [4.69, 9.17) is 11.6 Å². The van der Waals surface area contributed by atoms with E-state index < -0.39 is 0 Å². The zero-order chi connectivity index (χ0) is 10.4. The fourth-order valence-electron chi connectivity index (χ4n) is 1.01. The largest absolute Gasteiger partial charge is 0.309 e. The van der Waals surface area contributed by atoms with E-state index in [1.807, 2.05) is 0 Å². The van der Waals surface area contributed by atoms with E-state index in [0.717, 1.165) is 4.47 Å². The first-order valence-electron chi connectivity index (χ1n) is 4.14. The first kappa shape index (κ1) is 11.7. The average molecular weight is 279 g/mol. The van der Waals surface area contributed by atoms with Gasteiger partial charge in [-0.2, -0.15) is 0 Å². The van der Waals surface area contributed by atoms with E-state index in [0.29, 0.717) is 18.7 Å². The Balaban J connectivity index is 2.53. The maximum atomic E-state index is 13.2. The van der Waals surface area contributed by atoms with Gasteiger partial charge >= 0.3 is 0 Å². The lowest BCUT2D eigenvalue weighted by molar-refractivity contribution is 0.596. The van der Waals surface area contributed by atoms with Gasteiger partial charge in [-0.3, -0.25) is 0 Å². The first-order valence-corrected chi connectivity index (χ1v) is 5.37. The monoisotopic (exact) mass is 277 g/mol. The van der Waals surface area contributed by atoms with Crippen LogP contribution in [-0.2, 0) is 6.54 Å². The number of rotatable bonds is 4. The van der Waals surface area contributed by atoms with Gasteiger partial charge in [0.15, 0.2) is 0 Å². The predicted molar refractivity (Wildman–Crippen MR) is 60.8 cm³/mol. The van der Waals surface area contributed by atoms with Crippen molar-refractivity contribution in [2.45, 2.75) is 6.54 Å². The quantitative estimate of drug-likeness (QED) is 0.832. The summed E-state index contributed by atoms with van der Waals surface area (Å²) in [6.07, 6.45) is 1.76. The van der Waals surface area contributed by atoms with Gasteiger partial charge in [0.1, 0.15) is 5.82 Å². The molecule has 0 aliphatic carbocycles. The highest BCUT2D eigenvalue weighted by Crippen LogP contribution is 2.15. The fourth-order valence-corrected chi connectivity index (χ4v) is 1.51. The van der Waals surface area contributed by atoms with Crippen molar-refractivity contribution in [3.8, 4) is 0 Å². The number of hydrogen-bond acceptors (Lipinski definition) is 1. The molecule has 0 saturated carbocycles. The topological polar surface area (TPSA) is 12.0 Å². The van der Waals surface area contributed by atoms with Crippen LogP contribution < -0.4 is 5.32 Å². The minimum Gasteiger partial charge on any atom is -0.309 e. The molecule has 0 heterocycles. The Bertz CT molecular complexity index is 328. The van der Waals surface area contributed by atoms with Crippen molar-refractivity contribution in [3.05, 3.63) is 45.7 Å². The highest BCUT2D eigenvalue weighted by Gasteiger charge is 2.00. The SMILES string of the molecule is Fc1ccc(Br)cc1CNC/C=C/Cl. The zero-order valence-corrected chi connectivity index (χ0v) is 9.78. The summed E-state index contributed by atoms with van der Waals surface area (Å²) in [4.78, 5) is 0. The van der Waals surface area contributed by atoms with Crippen LogP contribution in [0.15, 0.2) is 34.3 Å². The third-order valence-corrected chi connectivity index (χ3v) is 2.35. The Labute approximate surface area is 96.1 Å². The van der Waals surface area contributed by atoms with Gasteiger partial charge in [0.25, 0.3) is 0 Å². The van der Waals surface area contributed by atoms with Gasteiger partial charge in [-0.1, -0.05) is 33.6 Å². The Kier molecular flexibility index (Phi) is 5.15. The normalized spacial score (nSPS) is 11.1. The number of hydrogen-bond donors (Lipinski definition) is 1. The van der Waals surface area contributed by atoms with Crippen molar-refractivity contribution in [1.82, 2.24) is 5.32 Å². The molecular weight excluding hydrogens is 268 g/mol. The third kappa shape index (κ3) is 3.78. The molecular formula is C10H10BrClFN. The fraction of sp³-hybridized carbons (Fsp3) is 0.200. The van der Waals surface area contributed by atoms with Gasteiger partial charge in [0.05, 0.1) is 0 Å². The summed E-state index contributed by atoms with van der Waals surface area (Å²) in [7, 11) is 0. The summed E-state index contributed by atoms with van der Waals surface area (Å²) in [5.74, 6) is -0.199. The van der Waals surface area contributed by atoms with Gasteiger partial charge in [0, 0.05) is 28.7 Å². The number of halogens is 3. The van der Waals surface area contributed by atoms with Crippen LogP contribution in [0, 0.1) is 5.82 Å². The Morgan fingerprint density at radius 1 is 1.50 bits per heavy atom.